The summed E-state index contributed by atoms with van der Waals surface area (Å²) < 4.78 is 23.1. The van der Waals surface area contributed by atoms with Crippen LogP contribution in [0.4, 0.5) is 0 Å². The molecule has 19 heavy (non-hydrogen) atoms. The number of hydrogen-bond acceptors (Lipinski definition) is 4. The van der Waals surface area contributed by atoms with Gasteiger partial charge in [-0.05, 0) is 50.0 Å². The molecule has 112 valence electrons. The summed E-state index contributed by atoms with van der Waals surface area (Å²) in [6.45, 7) is 7.26. The number of nitrogens with zero attached hydrogens (tertiary/aromatic N) is 1. The summed E-state index contributed by atoms with van der Waals surface area (Å²) in [5.41, 5.74) is 5.90. The molecule has 1 aliphatic heterocycles. The summed E-state index contributed by atoms with van der Waals surface area (Å²) >= 11 is 0. The topological polar surface area (TPSA) is 63.4 Å². The van der Waals surface area contributed by atoms with Crippen LogP contribution in [-0.2, 0) is 9.84 Å². The largest absolute Gasteiger partial charge is 0.330 e. The fourth-order valence-corrected chi connectivity index (χ4v) is 5.07. The minimum absolute atomic E-state index is 0.0432. The van der Waals surface area contributed by atoms with E-state index in [4.69, 9.17) is 5.73 Å². The molecule has 0 amide bonds. The van der Waals surface area contributed by atoms with Crippen LogP contribution in [0.15, 0.2) is 0 Å². The lowest BCUT2D eigenvalue weighted by Crippen LogP contribution is -2.50. The van der Waals surface area contributed by atoms with E-state index in [1.807, 2.05) is 0 Å². The predicted octanol–water partition coefficient (Wildman–Crippen LogP) is 1.12. The van der Waals surface area contributed by atoms with Crippen molar-refractivity contribution >= 4 is 9.84 Å². The van der Waals surface area contributed by atoms with Crippen molar-refractivity contribution in [1.82, 2.24) is 4.90 Å². The fraction of sp³-hybridized carbons (Fsp3) is 1.00. The highest BCUT2D eigenvalue weighted by Gasteiger charge is 2.47. The Morgan fingerprint density at radius 2 is 1.95 bits per heavy atom. The summed E-state index contributed by atoms with van der Waals surface area (Å²) in [7, 11) is -2.87. The minimum atomic E-state index is -2.87. The van der Waals surface area contributed by atoms with Crippen LogP contribution in [0.1, 0.15) is 33.1 Å². The number of sulfone groups is 1. The first-order valence-electron chi connectivity index (χ1n) is 7.36. The third kappa shape index (κ3) is 3.92. The van der Waals surface area contributed by atoms with Crippen molar-refractivity contribution in [2.24, 2.45) is 23.0 Å². The number of piperidine rings is 1. The van der Waals surface area contributed by atoms with E-state index in [1.165, 1.54) is 12.7 Å². The molecule has 0 spiro atoms. The molecule has 0 aromatic carbocycles. The highest BCUT2D eigenvalue weighted by Crippen LogP contribution is 2.48. The van der Waals surface area contributed by atoms with Gasteiger partial charge < -0.3 is 5.73 Å². The Morgan fingerprint density at radius 3 is 2.42 bits per heavy atom. The molecule has 0 radical (unpaired) electrons. The second-order valence-electron chi connectivity index (χ2n) is 7.06. The van der Waals surface area contributed by atoms with Crippen molar-refractivity contribution in [1.29, 1.82) is 0 Å². The normalized spacial score (nSPS) is 35.3. The van der Waals surface area contributed by atoms with Crippen LogP contribution in [-0.4, -0.2) is 51.0 Å². The molecule has 0 aromatic heterocycles. The van der Waals surface area contributed by atoms with Crippen LogP contribution in [0.3, 0.4) is 0 Å². The summed E-state index contributed by atoms with van der Waals surface area (Å²) in [6.07, 6.45) is 4.66. The van der Waals surface area contributed by atoms with Gasteiger partial charge in [-0.15, -0.1) is 0 Å². The van der Waals surface area contributed by atoms with Gasteiger partial charge in [0, 0.05) is 25.4 Å². The van der Waals surface area contributed by atoms with E-state index in [9.17, 15) is 8.42 Å². The quantitative estimate of drug-likeness (QED) is 0.823. The van der Waals surface area contributed by atoms with Crippen LogP contribution in [0.25, 0.3) is 0 Å². The lowest BCUT2D eigenvalue weighted by Gasteiger charge is -2.43. The average molecular weight is 288 g/mol. The fourth-order valence-electron chi connectivity index (χ4n) is 3.58. The zero-order chi connectivity index (χ0) is 14.3. The Hall–Kier alpha value is -0.130. The van der Waals surface area contributed by atoms with Gasteiger partial charge in [-0.2, -0.15) is 0 Å². The molecule has 3 atom stereocenters. The highest BCUT2D eigenvalue weighted by molar-refractivity contribution is 7.90. The van der Waals surface area contributed by atoms with Crippen molar-refractivity contribution in [3.63, 3.8) is 0 Å². The maximum atomic E-state index is 11.5. The van der Waals surface area contributed by atoms with Crippen molar-refractivity contribution < 1.29 is 8.42 Å². The number of likely N-dealkylation sites (tertiary alicyclic amines) is 1. The molecule has 1 saturated heterocycles. The van der Waals surface area contributed by atoms with Crippen LogP contribution in [0.2, 0.25) is 0 Å². The Labute approximate surface area is 117 Å². The molecule has 1 saturated carbocycles. The standard InChI is InChI=1S/C14H28N2O2S/c1-11-6-12(2)16(8-13(11)7-15)9-14(4-5-14)10-19(3,17)18/h11-13H,4-10,15H2,1-3H3. The van der Waals surface area contributed by atoms with E-state index in [0.717, 1.165) is 32.5 Å². The Kier molecular flexibility index (Phi) is 4.29. The lowest BCUT2D eigenvalue weighted by molar-refractivity contribution is 0.0659. The molecule has 0 aromatic rings. The summed E-state index contributed by atoms with van der Waals surface area (Å²) in [5.74, 6) is 1.60. The van der Waals surface area contributed by atoms with Gasteiger partial charge in [0.2, 0.25) is 0 Å². The third-order valence-electron chi connectivity index (χ3n) is 4.98. The van der Waals surface area contributed by atoms with Crippen molar-refractivity contribution in [2.45, 2.75) is 39.2 Å². The molecule has 2 N–H and O–H groups in total. The molecule has 1 heterocycles. The maximum Gasteiger partial charge on any atom is 0.148 e. The van der Waals surface area contributed by atoms with Gasteiger partial charge in [-0.3, -0.25) is 4.90 Å². The van der Waals surface area contributed by atoms with Gasteiger partial charge in [-0.25, -0.2) is 8.42 Å². The third-order valence-corrected chi connectivity index (χ3v) is 6.11. The van der Waals surface area contributed by atoms with Crippen molar-refractivity contribution in [2.75, 3.05) is 31.6 Å². The summed E-state index contributed by atoms with van der Waals surface area (Å²) in [6, 6.07) is 0.551. The summed E-state index contributed by atoms with van der Waals surface area (Å²) in [5, 5.41) is 0. The highest BCUT2D eigenvalue weighted by atomic mass is 32.2. The van der Waals surface area contributed by atoms with E-state index in [0.29, 0.717) is 23.6 Å². The van der Waals surface area contributed by atoms with Gasteiger partial charge in [-0.1, -0.05) is 6.92 Å². The van der Waals surface area contributed by atoms with E-state index in [1.54, 1.807) is 0 Å². The predicted molar refractivity (Wildman–Crippen MR) is 78.7 cm³/mol. The Bertz CT molecular complexity index is 417. The van der Waals surface area contributed by atoms with Crippen LogP contribution >= 0.6 is 0 Å². The lowest BCUT2D eigenvalue weighted by atomic mass is 9.83. The molecule has 2 rings (SSSR count). The van der Waals surface area contributed by atoms with Gasteiger partial charge >= 0.3 is 0 Å². The molecule has 1 aliphatic carbocycles. The van der Waals surface area contributed by atoms with Crippen molar-refractivity contribution in [3.05, 3.63) is 0 Å². The van der Waals surface area contributed by atoms with E-state index < -0.39 is 9.84 Å². The molecular weight excluding hydrogens is 260 g/mol. The number of nitrogens with two attached hydrogens (primary N) is 1. The molecule has 2 fully saturated rings. The number of hydrogen-bond donors (Lipinski definition) is 1. The Balaban J connectivity index is 1.98. The van der Waals surface area contributed by atoms with Gasteiger partial charge in [0.05, 0.1) is 5.75 Å². The zero-order valence-corrected chi connectivity index (χ0v) is 13.2. The van der Waals surface area contributed by atoms with Crippen molar-refractivity contribution in [3.8, 4) is 0 Å². The summed E-state index contributed by atoms with van der Waals surface area (Å²) in [4.78, 5) is 2.48. The zero-order valence-electron chi connectivity index (χ0n) is 12.4. The van der Waals surface area contributed by atoms with Gasteiger partial charge in [0.15, 0.2) is 0 Å². The van der Waals surface area contributed by atoms with E-state index in [-0.39, 0.29) is 5.41 Å². The first-order valence-corrected chi connectivity index (χ1v) is 9.42. The number of rotatable bonds is 5. The first kappa shape index (κ1) is 15.3. The van der Waals surface area contributed by atoms with Gasteiger partial charge in [0.25, 0.3) is 0 Å². The minimum Gasteiger partial charge on any atom is -0.330 e. The second-order valence-corrected chi connectivity index (χ2v) is 9.20. The van der Waals surface area contributed by atoms with E-state index in [2.05, 4.69) is 18.7 Å². The molecule has 5 heteroatoms. The van der Waals surface area contributed by atoms with Crippen LogP contribution in [0.5, 0.6) is 0 Å². The molecular formula is C14H28N2O2S. The SMILES string of the molecule is CC1CC(C)N(CC2(CS(C)(=O)=O)CC2)CC1CN. The molecule has 0 bridgehead atoms. The molecule has 4 nitrogen and oxygen atoms in total. The molecule has 2 aliphatic rings. The van der Waals surface area contributed by atoms with Crippen LogP contribution < -0.4 is 5.73 Å². The second kappa shape index (κ2) is 5.34. The van der Waals surface area contributed by atoms with Gasteiger partial charge in [0.1, 0.15) is 9.84 Å². The average Bonchev–Trinajstić information content (AvgIpc) is 2.99. The maximum absolute atomic E-state index is 11.5. The first-order chi connectivity index (χ1) is 8.75. The van der Waals surface area contributed by atoms with Crippen LogP contribution in [0, 0.1) is 17.3 Å². The smallest absolute Gasteiger partial charge is 0.148 e. The Morgan fingerprint density at radius 1 is 1.32 bits per heavy atom. The van der Waals surface area contributed by atoms with E-state index >= 15 is 0 Å². The molecule has 3 unspecified atom stereocenters. The monoisotopic (exact) mass is 288 g/mol.